The van der Waals surface area contributed by atoms with E-state index in [1.807, 2.05) is 19.0 Å². The number of phenols is 1. The van der Waals surface area contributed by atoms with E-state index in [1.54, 1.807) is 12.1 Å². The van der Waals surface area contributed by atoms with Crippen LogP contribution in [-0.2, 0) is 9.59 Å². The summed E-state index contributed by atoms with van der Waals surface area (Å²) in [5, 5.41) is 20.9. The summed E-state index contributed by atoms with van der Waals surface area (Å²) >= 11 is 0. The highest BCUT2D eigenvalue weighted by Crippen LogP contribution is 2.41. The van der Waals surface area contributed by atoms with Crippen LogP contribution >= 0.6 is 0 Å². The summed E-state index contributed by atoms with van der Waals surface area (Å²) in [5.41, 5.74) is 0.228. The van der Waals surface area contributed by atoms with Gasteiger partial charge in [-0.1, -0.05) is 12.1 Å². The monoisotopic (exact) mass is 414 g/mol. The maximum absolute atomic E-state index is 13.9. The second-order valence-corrected chi connectivity index (χ2v) is 7.24. The number of likely N-dealkylation sites (N-methyl/N-ethyl adjacent to an activating group) is 1. The number of carbonyl (C=O) groups is 2. The summed E-state index contributed by atoms with van der Waals surface area (Å²) in [6.07, 6.45) is 0. The van der Waals surface area contributed by atoms with Crippen LogP contribution in [0, 0.1) is 5.82 Å². The van der Waals surface area contributed by atoms with Crippen molar-refractivity contribution < 1.29 is 28.9 Å². The van der Waals surface area contributed by atoms with Gasteiger partial charge in [-0.2, -0.15) is 0 Å². The highest BCUT2D eigenvalue weighted by atomic mass is 19.1. The van der Waals surface area contributed by atoms with Crippen LogP contribution in [0.4, 0.5) is 4.39 Å². The van der Waals surface area contributed by atoms with Crippen LogP contribution in [0.1, 0.15) is 17.2 Å². The van der Waals surface area contributed by atoms with Gasteiger partial charge in [0.2, 0.25) is 0 Å². The molecule has 0 radical (unpaired) electrons. The molecule has 0 bridgehead atoms. The Morgan fingerprint density at radius 1 is 1.20 bits per heavy atom. The van der Waals surface area contributed by atoms with Crippen molar-refractivity contribution in [2.24, 2.45) is 0 Å². The van der Waals surface area contributed by atoms with Crippen LogP contribution in [0.25, 0.3) is 5.76 Å². The number of nitrogens with zero attached hydrogens (tertiary/aromatic N) is 2. The molecule has 0 spiro atoms. The minimum atomic E-state index is -0.940. The van der Waals surface area contributed by atoms with Crippen molar-refractivity contribution in [2.45, 2.75) is 6.04 Å². The minimum absolute atomic E-state index is 0.0340. The number of benzene rings is 2. The van der Waals surface area contributed by atoms with Gasteiger partial charge in [-0.3, -0.25) is 9.59 Å². The number of hydrogen-bond donors (Lipinski definition) is 2. The van der Waals surface area contributed by atoms with Crippen LogP contribution in [-0.4, -0.2) is 66.0 Å². The molecule has 0 aliphatic carbocycles. The van der Waals surface area contributed by atoms with E-state index in [4.69, 9.17) is 4.74 Å². The number of ketones is 1. The fourth-order valence-electron chi connectivity index (χ4n) is 3.47. The molecule has 0 aromatic heterocycles. The molecule has 1 atom stereocenters. The maximum Gasteiger partial charge on any atom is 0.295 e. The molecular formula is C22H23FN2O5. The van der Waals surface area contributed by atoms with Crippen molar-refractivity contribution in [1.29, 1.82) is 0 Å². The molecule has 7 nitrogen and oxygen atoms in total. The maximum atomic E-state index is 13.9. The number of halogens is 1. The first kappa shape index (κ1) is 21.3. The molecule has 30 heavy (non-hydrogen) atoms. The number of hydrogen-bond acceptors (Lipinski definition) is 6. The number of aliphatic hydroxyl groups excluding tert-OH is 1. The van der Waals surface area contributed by atoms with E-state index in [2.05, 4.69) is 0 Å². The molecule has 1 fully saturated rings. The molecule has 2 aromatic rings. The highest BCUT2D eigenvalue weighted by molar-refractivity contribution is 6.46. The van der Waals surface area contributed by atoms with Gasteiger partial charge in [0, 0.05) is 13.1 Å². The molecule has 8 heteroatoms. The largest absolute Gasteiger partial charge is 0.508 e. The van der Waals surface area contributed by atoms with Gasteiger partial charge in [-0.05, 0) is 50.0 Å². The predicted molar refractivity (Wildman–Crippen MR) is 109 cm³/mol. The summed E-state index contributed by atoms with van der Waals surface area (Å²) in [4.78, 5) is 28.9. The quantitative estimate of drug-likeness (QED) is 0.429. The van der Waals surface area contributed by atoms with E-state index in [0.717, 1.165) is 12.1 Å². The van der Waals surface area contributed by atoms with Crippen molar-refractivity contribution in [3.63, 3.8) is 0 Å². The summed E-state index contributed by atoms with van der Waals surface area (Å²) in [6, 6.07) is 8.72. The molecule has 1 unspecified atom stereocenters. The number of likely N-dealkylation sites (tertiary alicyclic amines) is 1. The van der Waals surface area contributed by atoms with Gasteiger partial charge in [0.05, 0.1) is 24.3 Å². The molecule has 3 rings (SSSR count). The third-order valence-electron chi connectivity index (χ3n) is 4.93. The molecule has 1 heterocycles. The Kier molecular flexibility index (Phi) is 6.07. The molecule has 1 aliphatic heterocycles. The summed E-state index contributed by atoms with van der Waals surface area (Å²) in [6.45, 7) is 0.695. The van der Waals surface area contributed by atoms with Crippen molar-refractivity contribution in [1.82, 2.24) is 9.80 Å². The minimum Gasteiger partial charge on any atom is -0.508 e. The second kappa shape index (κ2) is 8.54. The first-order valence-electron chi connectivity index (χ1n) is 9.30. The number of aliphatic hydroxyl groups is 1. The van der Waals surface area contributed by atoms with E-state index >= 15 is 0 Å². The lowest BCUT2D eigenvalue weighted by Gasteiger charge is -2.26. The average molecular weight is 414 g/mol. The van der Waals surface area contributed by atoms with Gasteiger partial charge in [-0.15, -0.1) is 0 Å². The summed E-state index contributed by atoms with van der Waals surface area (Å²) < 4.78 is 19.1. The Hall–Kier alpha value is -3.39. The normalized spacial score (nSPS) is 18.3. The number of Topliss-reactive ketones (excluding diaryl/α,β-unsaturated/α-hetero) is 1. The highest BCUT2D eigenvalue weighted by Gasteiger charge is 2.46. The number of rotatable bonds is 6. The second-order valence-electron chi connectivity index (χ2n) is 7.24. The van der Waals surface area contributed by atoms with Gasteiger partial charge in [0.15, 0.2) is 0 Å². The van der Waals surface area contributed by atoms with E-state index in [-0.39, 0.29) is 29.2 Å². The van der Waals surface area contributed by atoms with E-state index in [1.165, 1.54) is 30.2 Å². The van der Waals surface area contributed by atoms with Gasteiger partial charge in [0.1, 0.15) is 23.1 Å². The Balaban J connectivity index is 2.22. The standard InChI is InChI=1S/C22H23FN2O5/c1-24(2)9-10-25-19(13-5-4-6-15(26)11-13)18(21(28)22(25)29)20(27)16-12-14(23)7-8-17(16)30-3/h4-8,11-12,19,26-27H,9-10H2,1-3H3/b20-18+. The fourth-order valence-corrected chi connectivity index (χ4v) is 3.47. The summed E-state index contributed by atoms with van der Waals surface area (Å²) in [5.74, 6) is -2.72. The number of carbonyl (C=O) groups excluding carboxylic acids is 2. The molecule has 0 saturated carbocycles. The molecule has 2 aromatic carbocycles. The van der Waals surface area contributed by atoms with Crippen LogP contribution in [0.5, 0.6) is 11.5 Å². The van der Waals surface area contributed by atoms with Crippen LogP contribution < -0.4 is 4.74 Å². The van der Waals surface area contributed by atoms with Crippen LogP contribution in [0.15, 0.2) is 48.0 Å². The zero-order valence-electron chi connectivity index (χ0n) is 16.9. The molecule has 1 aliphatic rings. The first-order valence-corrected chi connectivity index (χ1v) is 9.30. The number of methoxy groups -OCH3 is 1. The lowest BCUT2D eigenvalue weighted by atomic mass is 9.95. The Morgan fingerprint density at radius 2 is 1.93 bits per heavy atom. The zero-order chi connectivity index (χ0) is 22.0. The van der Waals surface area contributed by atoms with Gasteiger partial charge in [0.25, 0.3) is 11.7 Å². The first-order chi connectivity index (χ1) is 14.2. The van der Waals surface area contributed by atoms with E-state index < -0.39 is 29.3 Å². The molecule has 2 N–H and O–H groups in total. The lowest BCUT2D eigenvalue weighted by Crippen LogP contribution is -2.35. The number of aromatic hydroxyl groups is 1. The number of phenolic OH excluding ortho intramolecular Hbond substituents is 1. The lowest BCUT2D eigenvalue weighted by molar-refractivity contribution is -0.140. The Labute approximate surface area is 173 Å². The van der Waals surface area contributed by atoms with Gasteiger partial charge < -0.3 is 24.7 Å². The van der Waals surface area contributed by atoms with Gasteiger partial charge >= 0.3 is 0 Å². The number of ether oxygens (including phenoxy) is 1. The van der Waals surface area contributed by atoms with Crippen LogP contribution in [0.3, 0.4) is 0 Å². The zero-order valence-corrected chi connectivity index (χ0v) is 16.9. The Bertz CT molecular complexity index is 1020. The third-order valence-corrected chi connectivity index (χ3v) is 4.93. The van der Waals surface area contributed by atoms with Crippen molar-refractivity contribution in [2.75, 3.05) is 34.3 Å². The molecule has 158 valence electrons. The smallest absolute Gasteiger partial charge is 0.295 e. The molecular weight excluding hydrogens is 391 g/mol. The van der Waals surface area contributed by atoms with Crippen molar-refractivity contribution >= 4 is 17.4 Å². The fraction of sp³-hybridized carbons (Fsp3) is 0.273. The van der Waals surface area contributed by atoms with Crippen molar-refractivity contribution in [3.8, 4) is 11.5 Å². The molecule has 1 saturated heterocycles. The van der Waals surface area contributed by atoms with Gasteiger partial charge in [-0.25, -0.2) is 4.39 Å². The van der Waals surface area contributed by atoms with E-state index in [0.29, 0.717) is 12.1 Å². The van der Waals surface area contributed by atoms with E-state index in [9.17, 15) is 24.2 Å². The number of amides is 1. The van der Waals surface area contributed by atoms with Crippen molar-refractivity contribution in [3.05, 3.63) is 65.0 Å². The van der Waals surface area contributed by atoms with Crippen LogP contribution in [0.2, 0.25) is 0 Å². The topological polar surface area (TPSA) is 90.3 Å². The third kappa shape index (κ3) is 3.99. The average Bonchev–Trinajstić information content (AvgIpc) is 2.96. The summed E-state index contributed by atoms with van der Waals surface area (Å²) in [7, 11) is 5.02. The SMILES string of the molecule is COc1ccc(F)cc1/C(O)=C1\C(=O)C(=O)N(CCN(C)C)C1c1cccc(O)c1. The predicted octanol–water partition coefficient (Wildman–Crippen LogP) is 2.52. The Morgan fingerprint density at radius 3 is 2.57 bits per heavy atom. The molecule has 1 amide bonds.